The van der Waals surface area contributed by atoms with Crippen LogP contribution >= 0.6 is 0 Å². The molecule has 3 heteroatoms. The summed E-state index contributed by atoms with van der Waals surface area (Å²) in [5.74, 6) is -1.09. The lowest BCUT2D eigenvalue weighted by Gasteiger charge is -1.99. The van der Waals surface area contributed by atoms with E-state index in [1.54, 1.807) is 0 Å². The van der Waals surface area contributed by atoms with Gasteiger partial charge >= 0.3 is 0 Å². The third-order valence-electron chi connectivity index (χ3n) is 2.37. The van der Waals surface area contributed by atoms with E-state index in [1.807, 2.05) is 0 Å². The molecule has 2 atom stereocenters. The van der Waals surface area contributed by atoms with E-state index in [0.717, 1.165) is 18.4 Å². The molecule has 13 heavy (non-hydrogen) atoms. The number of hydrogen-bond donors (Lipinski definition) is 0. The Morgan fingerprint density at radius 3 is 2.77 bits per heavy atom. The van der Waals surface area contributed by atoms with E-state index in [0.29, 0.717) is 12.0 Å². The number of hydrogen-bond acceptors (Lipinski definition) is 1. The third kappa shape index (κ3) is 1.46. The molecule has 2 unspecified atom stereocenters. The molecule has 1 fully saturated rings. The Hall–Kier alpha value is -1.25. The molecule has 2 rings (SSSR count). The van der Waals surface area contributed by atoms with Crippen molar-refractivity contribution < 1.29 is 13.6 Å². The Bertz CT molecular complexity index is 349. The van der Waals surface area contributed by atoms with Gasteiger partial charge < -0.3 is 4.79 Å². The summed E-state index contributed by atoms with van der Waals surface area (Å²) in [6.45, 7) is 0. The van der Waals surface area contributed by atoms with E-state index in [4.69, 9.17) is 0 Å². The molecule has 0 heterocycles. The lowest BCUT2D eigenvalue weighted by atomic mass is 10.1. The van der Waals surface area contributed by atoms with Crippen molar-refractivity contribution in [3.05, 3.63) is 35.4 Å². The Kier molecular flexibility index (Phi) is 1.87. The molecule has 0 N–H and O–H groups in total. The summed E-state index contributed by atoms with van der Waals surface area (Å²) in [6.07, 6.45) is 1.44. The van der Waals surface area contributed by atoms with Crippen LogP contribution in [-0.2, 0) is 4.79 Å². The van der Waals surface area contributed by atoms with Gasteiger partial charge in [0.05, 0.1) is 0 Å². The summed E-state index contributed by atoms with van der Waals surface area (Å²) in [5.41, 5.74) is 0.331. The van der Waals surface area contributed by atoms with Crippen molar-refractivity contribution in [2.24, 2.45) is 5.92 Å². The smallest absolute Gasteiger partial charge is 0.126 e. The first kappa shape index (κ1) is 8.35. The average Bonchev–Trinajstić information content (AvgIpc) is 2.88. The van der Waals surface area contributed by atoms with Crippen LogP contribution < -0.4 is 0 Å². The van der Waals surface area contributed by atoms with Gasteiger partial charge in [-0.15, -0.1) is 0 Å². The van der Waals surface area contributed by atoms with Gasteiger partial charge in [-0.1, -0.05) is 0 Å². The zero-order chi connectivity index (χ0) is 9.42. The number of carbonyl (C=O) groups excluding carboxylic acids is 1. The predicted octanol–water partition coefficient (Wildman–Crippen LogP) is 2.27. The summed E-state index contributed by atoms with van der Waals surface area (Å²) < 4.78 is 25.8. The van der Waals surface area contributed by atoms with E-state index in [1.165, 1.54) is 6.07 Å². The predicted molar refractivity (Wildman–Crippen MR) is 43.3 cm³/mol. The fraction of sp³-hybridized carbons (Fsp3) is 0.300. The van der Waals surface area contributed by atoms with Crippen LogP contribution in [0.3, 0.4) is 0 Å². The molecular weight excluding hydrogens is 174 g/mol. The highest BCUT2D eigenvalue weighted by Crippen LogP contribution is 2.46. The fourth-order valence-electron chi connectivity index (χ4n) is 1.52. The Morgan fingerprint density at radius 1 is 1.38 bits per heavy atom. The number of carbonyl (C=O) groups is 1. The Balaban J connectivity index is 2.30. The van der Waals surface area contributed by atoms with Gasteiger partial charge in [0.2, 0.25) is 0 Å². The van der Waals surface area contributed by atoms with Gasteiger partial charge in [-0.05, 0) is 36.1 Å². The van der Waals surface area contributed by atoms with Crippen molar-refractivity contribution in [2.45, 2.75) is 12.3 Å². The van der Waals surface area contributed by atoms with Crippen LogP contribution in [0.5, 0.6) is 0 Å². The molecule has 1 saturated carbocycles. The zero-order valence-corrected chi connectivity index (χ0v) is 6.84. The maximum Gasteiger partial charge on any atom is 0.126 e. The summed E-state index contributed by atoms with van der Waals surface area (Å²) in [7, 11) is 0. The molecule has 1 aliphatic carbocycles. The van der Waals surface area contributed by atoms with Gasteiger partial charge in [0.15, 0.2) is 0 Å². The number of halogens is 2. The van der Waals surface area contributed by atoms with E-state index < -0.39 is 11.6 Å². The highest BCUT2D eigenvalue weighted by molar-refractivity contribution is 5.61. The standard InChI is InChI=1S/C10H8F2O/c11-7-1-2-10(12)9(4-7)8-3-6(8)5-13/h1-2,4-6,8H,3H2. The van der Waals surface area contributed by atoms with Crippen LogP contribution in [0.1, 0.15) is 17.9 Å². The van der Waals surface area contributed by atoms with Crippen molar-refractivity contribution in [3.63, 3.8) is 0 Å². The molecule has 1 aliphatic rings. The lowest BCUT2D eigenvalue weighted by molar-refractivity contribution is -0.108. The monoisotopic (exact) mass is 182 g/mol. The molecule has 0 amide bonds. The minimum Gasteiger partial charge on any atom is -0.303 e. The van der Waals surface area contributed by atoms with Crippen molar-refractivity contribution >= 4 is 6.29 Å². The van der Waals surface area contributed by atoms with Crippen LogP contribution in [0, 0.1) is 17.6 Å². The van der Waals surface area contributed by atoms with Crippen molar-refractivity contribution in [1.82, 2.24) is 0 Å². The van der Waals surface area contributed by atoms with Gasteiger partial charge in [-0.25, -0.2) is 8.78 Å². The minimum absolute atomic E-state index is 0.104. The molecule has 0 bridgehead atoms. The van der Waals surface area contributed by atoms with Gasteiger partial charge in [-0.2, -0.15) is 0 Å². The molecule has 0 radical (unpaired) electrons. The minimum atomic E-state index is -0.451. The first-order valence-electron chi connectivity index (χ1n) is 4.12. The molecule has 0 spiro atoms. The Morgan fingerprint density at radius 2 is 2.15 bits per heavy atom. The van der Waals surface area contributed by atoms with Crippen LogP contribution in [0.25, 0.3) is 0 Å². The third-order valence-corrected chi connectivity index (χ3v) is 2.37. The Labute approximate surface area is 74.4 Å². The van der Waals surface area contributed by atoms with Crippen molar-refractivity contribution in [2.75, 3.05) is 0 Å². The molecule has 1 aromatic rings. The largest absolute Gasteiger partial charge is 0.303 e. The summed E-state index contributed by atoms with van der Waals surface area (Å²) in [6, 6.07) is 3.35. The number of rotatable bonds is 2. The summed E-state index contributed by atoms with van der Waals surface area (Å²) in [4.78, 5) is 10.3. The van der Waals surface area contributed by atoms with E-state index in [9.17, 15) is 13.6 Å². The van der Waals surface area contributed by atoms with Gasteiger partial charge in [0.1, 0.15) is 17.9 Å². The highest BCUT2D eigenvalue weighted by atomic mass is 19.1. The van der Waals surface area contributed by atoms with Crippen LogP contribution in [0.15, 0.2) is 18.2 Å². The van der Waals surface area contributed by atoms with Gasteiger partial charge in [0, 0.05) is 5.92 Å². The molecule has 1 aromatic carbocycles. The van der Waals surface area contributed by atoms with E-state index >= 15 is 0 Å². The summed E-state index contributed by atoms with van der Waals surface area (Å²) in [5, 5.41) is 0. The van der Waals surface area contributed by atoms with E-state index in [2.05, 4.69) is 0 Å². The molecule has 0 aromatic heterocycles. The van der Waals surface area contributed by atoms with Crippen LogP contribution in [0.2, 0.25) is 0 Å². The van der Waals surface area contributed by atoms with Gasteiger partial charge in [-0.3, -0.25) is 0 Å². The van der Waals surface area contributed by atoms with Gasteiger partial charge in [0.25, 0.3) is 0 Å². The molecule has 1 nitrogen and oxygen atoms in total. The number of benzene rings is 1. The SMILES string of the molecule is O=CC1CC1c1cc(F)ccc1F. The molecule has 0 aliphatic heterocycles. The lowest BCUT2D eigenvalue weighted by Crippen LogP contribution is -1.91. The quantitative estimate of drug-likeness (QED) is 0.641. The maximum atomic E-state index is 13.1. The maximum absolute atomic E-state index is 13.1. The van der Waals surface area contributed by atoms with Crippen LogP contribution in [-0.4, -0.2) is 6.29 Å². The topological polar surface area (TPSA) is 17.1 Å². The first-order chi connectivity index (χ1) is 6.22. The fourth-order valence-corrected chi connectivity index (χ4v) is 1.52. The second-order valence-electron chi connectivity index (χ2n) is 3.31. The highest BCUT2D eigenvalue weighted by Gasteiger charge is 2.39. The second kappa shape index (κ2) is 2.91. The van der Waals surface area contributed by atoms with Crippen molar-refractivity contribution in [3.8, 4) is 0 Å². The second-order valence-corrected chi connectivity index (χ2v) is 3.31. The molecule has 0 saturated heterocycles. The van der Waals surface area contributed by atoms with E-state index in [-0.39, 0.29) is 11.8 Å². The summed E-state index contributed by atoms with van der Waals surface area (Å²) >= 11 is 0. The molecular formula is C10H8F2O. The number of aldehydes is 1. The molecule has 68 valence electrons. The first-order valence-corrected chi connectivity index (χ1v) is 4.12. The van der Waals surface area contributed by atoms with Crippen molar-refractivity contribution in [1.29, 1.82) is 0 Å². The zero-order valence-electron chi connectivity index (χ0n) is 6.84. The average molecular weight is 182 g/mol. The normalized spacial score (nSPS) is 25.7. The van der Waals surface area contributed by atoms with Crippen LogP contribution in [0.4, 0.5) is 8.78 Å².